The van der Waals surface area contributed by atoms with Gasteiger partial charge in [-0.1, -0.05) is 18.2 Å². The van der Waals surface area contributed by atoms with Gasteiger partial charge in [0, 0.05) is 46.6 Å². The van der Waals surface area contributed by atoms with Crippen LogP contribution in [0.3, 0.4) is 0 Å². The van der Waals surface area contributed by atoms with Gasteiger partial charge in [-0.05, 0) is 49.0 Å². The standard InChI is InChI=1S/C25H33N4O5P/c1-5-27-20-11-16(14-34-4)8-9-28(20)29-13-19(22(30)23(31)21(29)25(27)33)24(32)26(3)12-17-6-7-18(35)10-15(17)2/h6-7,10,13,16,20,31H,5,8-9,11-12,14,35H2,1-4H3/t16-,20-/m0/s1. The van der Waals surface area contributed by atoms with Crippen LogP contribution in [0, 0.1) is 12.8 Å². The van der Waals surface area contributed by atoms with E-state index in [1.165, 1.54) is 15.8 Å². The number of aromatic hydroxyl groups is 1. The lowest BCUT2D eigenvalue weighted by molar-refractivity contribution is 0.0405. The molecule has 1 saturated heterocycles. The molecule has 35 heavy (non-hydrogen) atoms. The van der Waals surface area contributed by atoms with Crippen LogP contribution >= 0.6 is 9.24 Å². The number of carbonyl (C=O) groups excluding carboxylic acids is 2. The zero-order valence-electron chi connectivity index (χ0n) is 20.7. The number of rotatable bonds is 6. The predicted octanol–water partition coefficient (Wildman–Crippen LogP) is 1.43. The van der Waals surface area contributed by atoms with Crippen molar-refractivity contribution in [2.24, 2.45) is 5.92 Å². The number of carbonyl (C=O) groups is 2. The Hall–Kier alpha value is -2.90. The second-order valence-electron chi connectivity index (χ2n) is 9.34. The second kappa shape index (κ2) is 9.99. The molecule has 1 aromatic heterocycles. The third-order valence-electron chi connectivity index (χ3n) is 7.01. The molecule has 9 nitrogen and oxygen atoms in total. The zero-order valence-corrected chi connectivity index (χ0v) is 21.8. The van der Waals surface area contributed by atoms with Crippen LogP contribution in [0.15, 0.2) is 29.2 Å². The summed E-state index contributed by atoms with van der Waals surface area (Å²) in [7, 11) is 5.94. The lowest BCUT2D eigenvalue weighted by Gasteiger charge is -2.50. The van der Waals surface area contributed by atoms with E-state index < -0.39 is 23.0 Å². The van der Waals surface area contributed by atoms with Crippen molar-refractivity contribution in [1.82, 2.24) is 14.5 Å². The Labute approximate surface area is 207 Å². The summed E-state index contributed by atoms with van der Waals surface area (Å²) < 4.78 is 6.86. The average molecular weight is 501 g/mol. The molecule has 0 bridgehead atoms. The predicted molar refractivity (Wildman–Crippen MR) is 137 cm³/mol. The molecule has 1 fully saturated rings. The van der Waals surface area contributed by atoms with Crippen LogP contribution in [-0.4, -0.2) is 71.4 Å². The highest BCUT2D eigenvalue weighted by molar-refractivity contribution is 7.27. The van der Waals surface area contributed by atoms with Gasteiger partial charge in [-0.3, -0.25) is 24.1 Å². The molecule has 4 rings (SSSR count). The maximum absolute atomic E-state index is 13.4. The number of benzene rings is 1. The smallest absolute Gasteiger partial charge is 0.278 e. The molecule has 0 saturated carbocycles. The first-order valence-electron chi connectivity index (χ1n) is 11.8. The highest BCUT2D eigenvalue weighted by Gasteiger charge is 2.43. The largest absolute Gasteiger partial charge is 0.502 e. The quantitative estimate of drug-likeness (QED) is 0.603. The summed E-state index contributed by atoms with van der Waals surface area (Å²) in [6, 6.07) is 5.91. The van der Waals surface area contributed by atoms with Crippen molar-refractivity contribution >= 4 is 26.4 Å². The fraction of sp³-hybridized carbons (Fsp3) is 0.480. The van der Waals surface area contributed by atoms with Crippen molar-refractivity contribution < 1.29 is 19.4 Å². The number of pyridine rings is 1. The summed E-state index contributed by atoms with van der Waals surface area (Å²) in [5.74, 6) is -1.32. The monoisotopic (exact) mass is 500 g/mol. The van der Waals surface area contributed by atoms with E-state index >= 15 is 0 Å². The Morgan fingerprint density at radius 1 is 1.31 bits per heavy atom. The molecule has 2 amide bonds. The third kappa shape index (κ3) is 4.55. The van der Waals surface area contributed by atoms with Crippen molar-refractivity contribution in [2.75, 3.05) is 38.9 Å². The van der Waals surface area contributed by atoms with Crippen molar-refractivity contribution in [3.05, 3.63) is 57.0 Å². The molecule has 0 spiro atoms. The fourth-order valence-electron chi connectivity index (χ4n) is 5.13. The van der Waals surface area contributed by atoms with E-state index in [2.05, 4.69) is 9.24 Å². The number of hydrogen-bond acceptors (Lipinski definition) is 6. The molecular weight excluding hydrogens is 467 g/mol. The van der Waals surface area contributed by atoms with Gasteiger partial charge < -0.3 is 19.6 Å². The third-order valence-corrected chi connectivity index (χ3v) is 7.37. The van der Waals surface area contributed by atoms with Crippen molar-refractivity contribution in [3.8, 4) is 5.75 Å². The summed E-state index contributed by atoms with van der Waals surface area (Å²) in [6.07, 6.45) is 2.71. The summed E-state index contributed by atoms with van der Waals surface area (Å²) >= 11 is 0. The molecule has 1 N–H and O–H groups in total. The number of nitrogens with zero attached hydrogens (tertiary/aromatic N) is 4. The van der Waals surface area contributed by atoms with Gasteiger partial charge in [-0.2, -0.15) is 0 Å². The Morgan fingerprint density at radius 3 is 2.71 bits per heavy atom. The summed E-state index contributed by atoms with van der Waals surface area (Å²) in [4.78, 5) is 42.9. The first-order valence-corrected chi connectivity index (χ1v) is 12.4. The molecule has 0 aliphatic carbocycles. The minimum Gasteiger partial charge on any atom is -0.502 e. The first kappa shape index (κ1) is 25.2. The van der Waals surface area contributed by atoms with Crippen molar-refractivity contribution in [1.29, 1.82) is 0 Å². The van der Waals surface area contributed by atoms with Crippen LogP contribution in [0.5, 0.6) is 5.75 Å². The minimum atomic E-state index is -0.831. The van der Waals surface area contributed by atoms with Crippen LogP contribution in [0.1, 0.15) is 51.7 Å². The number of methoxy groups -OCH3 is 1. The summed E-state index contributed by atoms with van der Waals surface area (Å²) in [6.45, 7) is 5.79. The lowest BCUT2D eigenvalue weighted by atomic mass is 9.94. The van der Waals surface area contributed by atoms with Gasteiger partial charge in [-0.25, -0.2) is 0 Å². The molecule has 3 atom stereocenters. The SMILES string of the molecule is CCN1C(=O)c2c(O)c(=O)c(C(=O)N(C)Cc3ccc(P)cc3C)cn2N2CC[C@H](COC)C[C@@H]12. The van der Waals surface area contributed by atoms with Crippen LogP contribution in [0.2, 0.25) is 0 Å². The number of fused-ring (bicyclic) bond motifs is 3. The highest BCUT2D eigenvalue weighted by Crippen LogP contribution is 2.32. The summed E-state index contributed by atoms with van der Waals surface area (Å²) in [5.41, 5.74) is 0.911. The molecule has 1 unspecified atom stereocenters. The number of aryl methyl sites for hydroxylation is 1. The maximum Gasteiger partial charge on any atom is 0.278 e. The van der Waals surface area contributed by atoms with Gasteiger partial charge in [0.05, 0.1) is 0 Å². The fourth-order valence-corrected chi connectivity index (χ4v) is 5.47. The van der Waals surface area contributed by atoms with Crippen LogP contribution in [-0.2, 0) is 11.3 Å². The number of ether oxygens (including phenoxy) is 1. The van der Waals surface area contributed by atoms with Gasteiger partial charge in [0.25, 0.3) is 11.8 Å². The molecule has 10 heteroatoms. The molecule has 3 heterocycles. The lowest BCUT2D eigenvalue weighted by Crippen LogP contribution is -2.64. The van der Waals surface area contributed by atoms with Gasteiger partial charge in [0.1, 0.15) is 11.7 Å². The minimum absolute atomic E-state index is 0.0932. The molecule has 1 aromatic carbocycles. The molecule has 2 aliphatic heterocycles. The Bertz CT molecular complexity index is 1210. The molecule has 2 aromatic rings. The van der Waals surface area contributed by atoms with E-state index in [9.17, 15) is 19.5 Å². The van der Waals surface area contributed by atoms with E-state index in [1.807, 2.05) is 37.1 Å². The topological polar surface area (TPSA) is 95.3 Å². The first-order chi connectivity index (χ1) is 16.7. The van der Waals surface area contributed by atoms with E-state index in [1.54, 1.807) is 19.1 Å². The maximum atomic E-state index is 13.4. The van der Waals surface area contributed by atoms with Gasteiger partial charge >= 0.3 is 0 Å². The van der Waals surface area contributed by atoms with Gasteiger partial charge in [0.15, 0.2) is 11.4 Å². The van der Waals surface area contributed by atoms with Gasteiger partial charge in [-0.15, -0.1) is 9.24 Å². The van der Waals surface area contributed by atoms with Crippen LogP contribution in [0.25, 0.3) is 0 Å². The number of amides is 2. The Morgan fingerprint density at radius 2 is 2.06 bits per heavy atom. The Balaban J connectivity index is 1.71. The van der Waals surface area contributed by atoms with Crippen molar-refractivity contribution in [3.63, 3.8) is 0 Å². The van der Waals surface area contributed by atoms with Crippen LogP contribution < -0.4 is 15.7 Å². The van der Waals surface area contributed by atoms with E-state index in [0.29, 0.717) is 38.6 Å². The highest BCUT2D eigenvalue weighted by atomic mass is 31.0. The molecule has 188 valence electrons. The molecule has 0 radical (unpaired) electrons. The van der Waals surface area contributed by atoms with Gasteiger partial charge in [0.2, 0.25) is 5.43 Å². The molecule has 2 aliphatic rings. The second-order valence-corrected chi connectivity index (χ2v) is 10.0. The summed E-state index contributed by atoms with van der Waals surface area (Å²) in [5, 5.41) is 13.8. The van der Waals surface area contributed by atoms with Crippen LogP contribution in [0.4, 0.5) is 0 Å². The number of piperidine rings is 1. The average Bonchev–Trinajstić information content (AvgIpc) is 2.82. The Kier molecular flexibility index (Phi) is 7.20. The number of hydrogen-bond donors (Lipinski definition) is 1. The molecular formula is C25H33N4O5P. The number of aromatic nitrogens is 1. The van der Waals surface area contributed by atoms with Crippen molar-refractivity contribution in [2.45, 2.75) is 39.4 Å². The van der Waals surface area contributed by atoms with E-state index in [4.69, 9.17) is 4.74 Å². The zero-order chi connectivity index (χ0) is 25.4. The van der Waals surface area contributed by atoms with E-state index in [0.717, 1.165) is 22.9 Å². The normalized spacial score (nSPS) is 19.4. The van der Waals surface area contributed by atoms with E-state index in [-0.39, 0.29) is 17.4 Å².